The quantitative estimate of drug-likeness (QED) is 0.724. The van der Waals surface area contributed by atoms with Gasteiger partial charge >= 0.3 is 5.97 Å². The van der Waals surface area contributed by atoms with Crippen LogP contribution in [-0.4, -0.2) is 15.6 Å². The summed E-state index contributed by atoms with van der Waals surface area (Å²) in [6.45, 7) is 2.26. The van der Waals surface area contributed by atoms with Gasteiger partial charge < -0.3 is 14.4 Å². The van der Waals surface area contributed by atoms with Gasteiger partial charge in [-0.2, -0.15) is 0 Å². The smallest absolute Gasteiger partial charge is 0.339 e. The van der Waals surface area contributed by atoms with Gasteiger partial charge in [0.25, 0.3) is 5.56 Å². The van der Waals surface area contributed by atoms with E-state index in [0.29, 0.717) is 29.8 Å². The Kier molecular flexibility index (Phi) is 4.28. The minimum absolute atomic E-state index is 0.104. The molecule has 0 spiro atoms. The zero-order valence-electron chi connectivity index (χ0n) is 14.9. The van der Waals surface area contributed by atoms with Gasteiger partial charge in [0.1, 0.15) is 11.3 Å². The molecule has 27 heavy (non-hydrogen) atoms. The zero-order valence-corrected chi connectivity index (χ0v) is 14.9. The van der Waals surface area contributed by atoms with Crippen LogP contribution in [0.4, 0.5) is 0 Å². The highest BCUT2D eigenvalue weighted by molar-refractivity contribution is 5.94. The van der Waals surface area contributed by atoms with Gasteiger partial charge in [0.2, 0.25) is 0 Å². The monoisotopic (exact) mass is 361 g/mol. The minimum atomic E-state index is -0.884. The first-order chi connectivity index (χ1) is 13.1. The lowest BCUT2D eigenvalue weighted by molar-refractivity contribution is 0.0450. The van der Waals surface area contributed by atoms with E-state index in [1.165, 1.54) is 0 Å². The highest BCUT2D eigenvalue weighted by Gasteiger charge is 2.35. The maximum absolute atomic E-state index is 13.1. The summed E-state index contributed by atoms with van der Waals surface area (Å²) >= 11 is 0. The third-order valence-electron chi connectivity index (χ3n) is 4.94. The van der Waals surface area contributed by atoms with Crippen LogP contribution in [0, 0.1) is 6.92 Å². The second-order valence-corrected chi connectivity index (χ2v) is 6.65. The fourth-order valence-corrected chi connectivity index (χ4v) is 3.54. The number of aromatic hydroxyl groups is 1. The molecule has 1 aliphatic rings. The van der Waals surface area contributed by atoms with Crippen LogP contribution >= 0.6 is 0 Å². The number of carbonyl (C=O) groups excluding carboxylic acids is 1. The molecule has 5 nitrogen and oxygen atoms in total. The van der Waals surface area contributed by atoms with Crippen LogP contribution in [0.25, 0.3) is 0 Å². The highest BCUT2D eigenvalue weighted by atomic mass is 16.5. The number of hydrogen-bond donors (Lipinski definition) is 1. The molecule has 5 heteroatoms. The largest absolute Gasteiger partial charge is 0.507 e. The number of esters is 1. The molecule has 0 fully saturated rings. The molecule has 0 aliphatic carbocycles. The topological polar surface area (TPSA) is 68.5 Å². The van der Waals surface area contributed by atoms with Gasteiger partial charge in [-0.15, -0.1) is 0 Å². The summed E-state index contributed by atoms with van der Waals surface area (Å²) in [5.74, 6) is -0.631. The maximum Gasteiger partial charge on any atom is 0.339 e. The molecule has 1 aliphatic heterocycles. The van der Waals surface area contributed by atoms with E-state index in [9.17, 15) is 14.7 Å². The number of aryl methyl sites for hydroxylation is 2. The molecule has 2 heterocycles. The van der Waals surface area contributed by atoms with Crippen LogP contribution < -0.4 is 5.56 Å². The molecule has 0 amide bonds. The van der Waals surface area contributed by atoms with Gasteiger partial charge in [0.15, 0.2) is 6.10 Å². The van der Waals surface area contributed by atoms with Crippen molar-refractivity contribution in [3.8, 4) is 5.75 Å². The lowest BCUT2D eigenvalue weighted by atomic mass is 9.99. The Balaban J connectivity index is 1.75. The number of rotatable bonds is 4. The molecule has 0 unspecified atom stereocenters. The van der Waals surface area contributed by atoms with Crippen molar-refractivity contribution >= 4 is 5.97 Å². The Bertz CT molecular complexity index is 1070. The second-order valence-electron chi connectivity index (χ2n) is 6.65. The van der Waals surface area contributed by atoms with Crippen LogP contribution in [0.5, 0.6) is 5.75 Å². The number of fused-ring (bicyclic) bond motifs is 1. The average Bonchev–Trinajstić information content (AvgIpc) is 2.99. The standard InChI is InChI=1S/C22H19NO4/c1-14-13-18(24)19(20-16-9-5-6-10-17(16)22(26)27-20)21(25)23(14)12-11-15-7-3-2-4-8-15/h2-10,13,20,24H,11-12H2,1H3/t20-/m0/s1. The first kappa shape index (κ1) is 17.1. The molecule has 0 radical (unpaired) electrons. The summed E-state index contributed by atoms with van der Waals surface area (Å²) in [6.07, 6.45) is -0.197. The van der Waals surface area contributed by atoms with Crippen molar-refractivity contribution in [2.45, 2.75) is 26.0 Å². The number of aromatic nitrogens is 1. The van der Waals surface area contributed by atoms with E-state index >= 15 is 0 Å². The molecule has 136 valence electrons. The summed E-state index contributed by atoms with van der Waals surface area (Å²) in [6, 6.07) is 18.4. The van der Waals surface area contributed by atoms with Gasteiger partial charge in [-0.05, 0) is 31.0 Å². The zero-order chi connectivity index (χ0) is 19.0. The SMILES string of the molecule is Cc1cc(O)c([C@H]2OC(=O)c3ccccc32)c(=O)n1CCc1ccccc1. The van der Waals surface area contributed by atoms with Gasteiger partial charge in [-0.3, -0.25) is 4.79 Å². The predicted molar refractivity (Wildman–Crippen MR) is 101 cm³/mol. The molecule has 1 N–H and O–H groups in total. The summed E-state index contributed by atoms with van der Waals surface area (Å²) < 4.78 is 7.05. The number of nitrogens with zero attached hydrogens (tertiary/aromatic N) is 1. The molecule has 1 aromatic heterocycles. The van der Waals surface area contributed by atoms with Crippen LogP contribution in [0.2, 0.25) is 0 Å². The van der Waals surface area contributed by atoms with E-state index < -0.39 is 12.1 Å². The summed E-state index contributed by atoms with van der Waals surface area (Å²) in [5, 5.41) is 10.4. The first-order valence-electron chi connectivity index (χ1n) is 8.83. The molecule has 0 saturated carbocycles. The van der Waals surface area contributed by atoms with Crippen molar-refractivity contribution in [2.75, 3.05) is 0 Å². The van der Waals surface area contributed by atoms with Crippen LogP contribution in [0.15, 0.2) is 65.5 Å². The van der Waals surface area contributed by atoms with Crippen LogP contribution in [0.3, 0.4) is 0 Å². The van der Waals surface area contributed by atoms with Gasteiger partial charge in [0, 0.05) is 17.8 Å². The molecule has 1 atom stereocenters. The summed E-state index contributed by atoms with van der Waals surface area (Å²) in [5.41, 5.74) is 2.59. The fourth-order valence-electron chi connectivity index (χ4n) is 3.54. The van der Waals surface area contributed by atoms with Crippen molar-refractivity contribution in [1.29, 1.82) is 0 Å². The fraction of sp³-hybridized carbons (Fsp3) is 0.182. The lowest BCUT2D eigenvalue weighted by Gasteiger charge is -2.17. The van der Waals surface area contributed by atoms with E-state index in [1.54, 1.807) is 41.8 Å². The number of hydrogen-bond acceptors (Lipinski definition) is 4. The lowest BCUT2D eigenvalue weighted by Crippen LogP contribution is -2.28. The number of benzene rings is 2. The van der Waals surface area contributed by atoms with Crippen LogP contribution in [-0.2, 0) is 17.7 Å². The third-order valence-corrected chi connectivity index (χ3v) is 4.94. The molecular weight excluding hydrogens is 342 g/mol. The number of carbonyl (C=O) groups is 1. The van der Waals surface area contributed by atoms with Crippen molar-refractivity contribution in [3.05, 3.63) is 99.0 Å². The van der Waals surface area contributed by atoms with E-state index in [2.05, 4.69) is 0 Å². The molecule has 0 bridgehead atoms. The third kappa shape index (κ3) is 3.01. The van der Waals surface area contributed by atoms with Crippen LogP contribution in [0.1, 0.15) is 38.8 Å². The second kappa shape index (κ2) is 6.76. The van der Waals surface area contributed by atoms with E-state index in [-0.39, 0.29) is 16.9 Å². The number of cyclic esters (lactones) is 1. The van der Waals surface area contributed by atoms with Crippen molar-refractivity contribution in [1.82, 2.24) is 4.57 Å². The summed E-state index contributed by atoms with van der Waals surface area (Å²) in [7, 11) is 0. The maximum atomic E-state index is 13.1. The minimum Gasteiger partial charge on any atom is -0.507 e. The highest BCUT2D eigenvalue weighted by Crippen LogP contribution is 2.37. The van der Waals surface area contributed by atoms with Crippen molar-refractivity contribution in [3.63, 3.8) is 0 Å². The van der Waals surface area contributed by atoms with Gasteiger partial charge in [-0.25, -0.2) is 4.79 Å². The number of ether oxygens (including phenoxy) is 1. The Hall–Kier alpha value is -3.34. The van der Waals surface area contributed by atoms with E-state index in [1.807, 2.05) is 30.3 Å². The molecular formula is C22H19NO4. The predicted octanol–water partition coefficient (Wildman–Crippen LogP) is 3.36. The Morgan fingerprint density at radius 2 is 1.74 bits per heavy atom. The Morgan fingerprint density at radius 3 is 2.52 bits per heavy atom. The van der Waals surface area contributed by atoms with Crippen molar-refractivity contribution < 1.29 is 14.6 Å². The Labute approximate surface area is 156 Å². The van der Waals surface area contributed by atoms with Gasteiger partial charge in [0.05, 0.1) is 5.56 Å². The Morgan fingerprint density at radius 1 is 1.04 bits per heavy atom. The van der Waals surface area contributed by atoms with E-state index in [0.717, 1.165) is 5.56 Å². The molecule has 2 aromatic carbocycles. The van der Waals surface area contributed by atoms with Gasteiger partial charge in [-0.1, -0.05) is 48.5 Å². The molecule has 0 saturated heterocycles. The van der Waals surface area contributed by atoms with E-state index in [4.69, 9.17) is 4.74 Å². The molecule has 3 aromatic rings. The first-order valence-corrected chi connectivity index (χ1v) is 8.83. The van der Waals surface area contributed by atoms with Crippen molar-refractivity contribution in [2.24, 2.45) is 0 Å². The average molecular weight is 361 g/mol. The summed E-state index contributed by atoms with van der Waals surface area (Å²) in [4.78, 5) is 25.3. The molecule has 4 rings (SSSR count). The normalized spacial score (nSPS) is 15.4. The number of pyridine rings is 1.